The monoisotopic (exact) mass is 360 g/mol. The first-order valence-corrected chi connectivity index (χ1v) is 7.90. The third kappa shape index (κ3) is 2.65. The molecule has 1 aliphatic rings. The molecule has 0 unspecified atom stereocenters. The van der Waals surface area contributed by atoms with Gasteiger partial charge in [-0.15, -0.1) is 5.10 Å². The van der Waals surface area contributed by atoms with Crippen LogP contribution in [-0.2, 0) is 0 Å². The van der Waals surface area contributed by atoms with E-state index in [1.54, 1.807) is 36.7 Å². The molecule has 1 aromatic carbocycles. The number of fused-ring (bicyclic) bond motifs is 1. The number of rotatable bonds is 3. The van der Waals surface area contributed by atoms with E-state index < -0.39 is 10.8 Å². The van der Waals surface area contributed by atoms with Gasteiger partial charge in [0.25, 0.3) is 5.69 Å². The molecular formula is C18H12N6O3. The number of pyridine rings is 1. The van der Waals surface area contributed by atoms with Crippen LogP contribution in [0.5, 0.6) is 5.88 Å². The molecule has 2 aromatic heterocycles. The molecule has 0 saturated heterocycles. The zero-order valence-electron chi connectivity index (χ0n) is 13.8. The van der Waals surface area contributed by atoms with Gasteiger partial charge in [0.15, 0.2) is 0 Å². The fourth-order valence-electron chi connectivity index (χ4n) is 3.13. The SMILES string of the molecule is N#CC1=C(N)Oc2n[nH]c(-c3ccncc3)c2[C@H]1c1cccc([N+](=O)[O-])c1. The van der Waals surface area contributed by atoms with Gasteiger partial charge in [0.05, 0.1) is 22.1 Å². The van der Waals surface area contributed by atoms with Crippen LogP contribution < -0.4 is 10.5 Å². The number of non-ortho nitro benzene ring substituents is 1. The van der Waals surface area contributed by atoms with E-state index in [0.717, 1.165) is 5.56 Å². The first kappa shape index (κ1) is 16.3. The van der Waals surface area contributed by atoms with Gasteiger partial charge in [-0.05, 0) is 17.7 Å². The van der Waals surface area contributed by atoms with Crippen molar-refractivity contribution in [2.45, 2.75) is 5.92 Å². The molecule has 3 aromatic rings. The number of aromatic nitrogens is 3. The Labute approximate surface area is 152 Å². The summed E-state index contributed by atoms with van der Waals surface area (Å²) in [6, 6.07) is 11.7. The molecule has 0 radical (unpaired) electrons. The quantitative estimate of drug-likeness (QED) is 0.539. The topological polar surface area (TPSA) is 144 Å². The fourth-order valence-corrected chi connectivity index (χ4v) is 3.13. The van der Waals surface area contributed by atoms with Crippen LogP contribution in [0.1, 0.15) is 17.0 Å². The second-order valence-electron chi connectivity index (χ2n) is 5.83. The molecule has 4 rings (SSSR count). The Hall–Kier alpha value is -4.19. The van der Waals surface area contributed by atoms with Crippen molar-refractivity contribution >= 4 is 5.69 Å². The molecular weight excluding hydrogens is 348 g/mol. The number of nitrogens with two attached hydrogens (primary N) is 1. The predicted octanol–water partition coefficient (Wildman–Crippen LogP) is 2.60. The van der Waals surface area contributed by atoms with Crippen molar-refractivity contribution in [1.82, 2.24) is 15.2 Å². The lowest BCUT2D eigenvalue weighted by Crippen LogP contribution is -2.21. The zero-order chi connectivity index (χ0) is 19.0. The number of nitrogens with zero attached hydrogens (tertiary/aromatic N) is 4. The number of H-pyrrole nitrogens is 1. The fraction of sp³-hybridized carbons (Fsp3) is 0.0556. The Bertz CT molecular complexity index is 1110. The molecule has 3 heterocycles. The summed E-state index contributed by atoms with van der Waals surface area (Å²) in [4.78, 5) is 14.7. The number of hydrogen-bond donors (Lipinski definition) is 2. The van der Waals surface area contributed by atoms with E-state index in [0.29, 0.717) is 16.8 Å². The highest BCUT2D eigenvalue weighted by molar-refractivity contribution is 5.70. The van der Waals surface area contributed by atoms with Crippen LogP contribution in [0.4, 0.5) is 5.69 Å². The van der Waals surface area contributed by atoms with E-state index >= 15 is 0 Å². The van der Waals surface area contributed by atoms with Gasteiger partial charge in [-0.2, -0.15) is 5.26 Å². The normalized spacial score (nSPS) is 15.6. The lowest BCUT2D eigenvalue weighted by atomic mass is 9.83. The van der Waals surface area contributed by atoms with Crippen molar-refractivity contribution < 1.29 is 9.66 Å². The van der Waals surface area contributed by atoms with Crippen LogP contribution in [0, 0.1) is 21.4 Å². The highest BCUT2D eigenvalue weighted by atomic mass is 16.6. The van der Waals surface area contributed by atoms with E-state index in [1.807, 2.05) is 0 Å². The van der Waals surface area contributed by atoms with Gasteiger partial charge in [0, 0.05) is 30.1 Å². The Balaban J connectivity index is 1.96. The Morgan fingerprint density at radius 2 is 2.07 bits per heavy atom. The molecule has 0 bridgehead atoms. The maximum Gasteiger partial charge on any atom is 0.269 e. The van der Waals surface area contributed by atoms with E-state index in [9.17, 15) is 15.4 Å². The summed E-state index contributed by atoms with van der Waals surface area (Å²) in [6.07, 6.45) is 3.26. The summed E-state index contributed by atoms with van der Waals surface area (Å²) in [7, 11) is 0. The first-order valence-electron chi connectivity index (χ1n) is 7.90. The summed E-state index contributed by atoms with van der Waals surface area (Å²) in [5, 5.41) is 27.9. The van der Waals surface area contributed by atoms with Crippen molar-refractivity contribution in [3.8, 4) is 23.2 Å². The molecule has 0 spiro atoms. The molecule has 0 amide bonds. The maximum atomic E-state index is 11.2. The maximum absolute atomic E-state index is 11.2. The summed E-state index contributed by atoms with van der Waals surface area (Å²) in [5.41, 5.74) is 8.56. The Morgan fingerprint density at radius 3 is 2.78 bits per heavy atom. The third-order valence-electron chi connectivity index (χ3n) is 4.32. The van der Waals surface area contributed by atoms with Gasteiger partial charge in [0.1, 0.15) is 11.6 Å². The minimum atomic E-state index is -0.652. The first-order chi connectivity index (χ1) is 13.1. The number of allylic oxidation sites excluding steroid dienone is 1. The number of ether oxygens (including phenoxy) is 1. The number of aromatic amines is 1. The average Bonchev–Trinajstić information content (AvgIpc) is 3.11. The third-order valence-corrected chi connectivity index (χ3v) is 4.32. The largest absolute Gasteiger partial charge is 0.420 e. The summed E-state index contributed by atoms with van der Waals surface area (Å²) >= 11 is 0. The van der Waals surface area contributed by atoms with Crippen LogP contribution in [0.3, 0.4) is 0 Å². The predicted molar refractivity (Wildman–Crippen MR) is 94.2 cm³/mol. The smallest absolute Gasteiger partial charge is 0.269 e. The van der Waals surface area contributed by atoms with Crippen LogP contribution in [0.25, 0.3) is 11.3 Å². The minimum Gasteiger partial charge on any atom is -0.420 e. The zero-order valence-corrected chi connectivity index (χ0v) is 13.8. The van der Waals surface area contributed by atoms with Gasteiger partial charge in [0.2, 0.25) is 11.8 Å². The van der Waals surface area contributed by atoms with Crippen molar-refractivity contribution in [2.75, 3.05) is 0 Å². The molecule has 0 fully saturated rings. The van der Waals surface area contributed by atoms with Gasteiger partial charge < -0.3 is 10.5 Å². The number of hydrogen-bond acceptors (Lipinski definition) is 7. The van der Waals surface area contributed by atoms with E-state index in [1.165, 1.54) is 12.1 Å². The van der Waals surface area contributed by atoms with E-state index in [2.05, 4.69) is 21.3 Å². The summed E-state index contributed by atoms with van der Waals surface area (Å²) in [5.74, 6) is -0.496. The van der Waals surface area contributed by atoms with Crippen LogP contribution in [0.2, 0.25) is 0 Å². The lowest BCUT2D eigenvalue weighted by Gasteiger charge is -2.24. The van der Waals surface area contributed by atoms with Crippen LogP contribution in [-0.4, -0.2) is 20.1 Å². The molecule has 1 atom stereocenters. The minimum absolute atomic E-state index is 0.0747. The second-order valence-corrected chi connectivity index (χ2v) is 5.83. The second kappa shape index (κ2) is 6.27. The van der Waals surface area contributed by atoms with Crippen molar-refractivity contribution in [3.63, 3.8) is 0 Å². The highest BCUT2D eigenvalue weighted by Crippen LogP contribution is 2.45. The van der Waals surface area contributed by atoms with Crippen LogP contribution >= 0.6 is 0 Å². The summed E-state index contributed by atoms with van der Waals surface area (Å²) < 4.78 is 5.51. The molecule has 0 saturated carbocycles. The molecule has 27 heavy (non-hydrogen) atoms. The standard InChI is InChI=1S/C18H12N6O3/c19-9-13-14(11-2-1-3-12(8-11)24(25)26)15-16(10-4-6-21-7-5-10)22-23-18(15)27-17(13)20/h1-8,14H,20H2,(H,22,23)/t14-/m0/s1. The van der Waals surface area contributed by atoms with Gasteiger partial charge in [-0.25, -0.2) is 0 Å². The summed E-state index contributed by atoms with van der Waals surface area (Å²) in [6.45, 7) is 0. The molecule has 9 nitrogen and oxygen atoms in total. The average molecular weight is 360 g/mol. The lowest BCUT2D eigenvalue weighted by molar-refractivity contribution is -0.384. The van der Waals surface area contributed by atoms with E-state index in [4.69, 9.17) is 10.5 Å². The highest BCUT2D eigenvalue weighted by Gasteiger charge is 2.36. The number of benzene rings is 1. The number of nitro groups is 1. The number of nitriles is 1. The molecule has 132 valence electrons. The van der Waals surface area contributed by atoms with Gasteiger partial charge in [-0.1, -0.05) is 12.1 Å². The number of nitro benzene ring substituents is 1. The van der Waals surface area contributed by atoms with Gasteiger partial charge >= 0.3 is 0 Å². The van der Waals surface area contributed by atoms with Gasteiger partial charge in [-0.3, -0.25) is 20.2 Å². The Kier molecular flexibility index (Phi) is 3.78. The van der Waals surface area contributed by atoms with Crippen LogP contribution in [0.15, 0.2) is 60.2 Å². The molecule has 0 aliphatic carbocycles. The van der Waals surface area contributed by atoms with Crippen molar-refractivity contribution in [1.29, 1.82) is 5.26 Å². The van der Waals surface area contributed by atoms with Crippen molar-refractivity contribution in [2.24, 2.45) is 5.73 Å². The molecule has 3 N–H and O–H groups in total. The number of nitrogens with one attached hydrogen (secondary N) is 1. The van der Waals surface area contributed by atoms with E-state index in [-0.39, 0.29) is 23.0 Å². The van der Waals surface area contributed by atoms with Crippen molar-refractivity contribution in [3.05, 3.63) is 81.5 Å². The Morgan fingerprint density at radius 1 is 1.30 bits per heavy atom. The molecule has 1 aliphatic heterocycles. The molecule has 9 heteroatoms.